The van der Waals surface area contributed by atoms with Crippen LogP contribution in [-0.4, -0.2) is 29.2 Å². The van der Waals surface area contributed by atoms with Crippen molar-refractivity contribution in [1.82, 2.24) is 10.3 Å². The van der Waals surface area contributed by atoms with E-state index in [1.54, 1.807) is 0 Å². The molecule has 2 aromatic rings. The second-order valence-electron chi connectivity index (χ2n) is 6.99. The van der Waals surface area contributed by atoms with E-state index in [0.717, 1.165) is 30.6 Å². The number of aromatic nitrogens is 1. The maximum absolute atomic E-state index is 13.1. The van der Waals surface area contributed by atoms with Gasteiger partial charge in [-0.1, -0.05) is 31.6 Å². The Hall–Kier alpha value is -2.27. The topological polar surface area (TPSA) is 88.4 Å². The van der Waals surface area contributed by atoms with Crippen LogP contribution in [0, 0.1) is 16.0 Å². The second-order valence-corrected chi connectivity index (χ2v) is 7.97. The second kappa shape index (κ2) is 8.23. The molecule has 158 valence electrons. The average molecular weight is 430 g/mol. The quantitative estimate of drug-likeness (QED) is 0.566. The van der Waals surface area contributed by atoms with Gasteiger partial charge in [-0.2, -0.15) is 18.2 Å². The first-order valence-corrected chi connectivity index (χ1v) is 10.2. The van der Waals surface area contributed by atoms with E-state index in [1.807, 2.05) is 11.8 Å². The van der Waals surface area contributed by atoms with Crippen LogP contribution >= 0.6 is 11.3 Å². The lowest BCUT2D eigenvalue weighted by Gasteiger charge is -2.40. The molecule has 0 amide bonds. The van der Waals surface area contributed by atoms with Gasteiger partial charge in [0.2, 0.25) is 0 Å². The fraction of sp³-hybridized carbons (Fsp3) is 0.556. The van der Waals surface area contributed by atoms with Crippen molar-refractivity contribution in [3.63, 3.8) is 0 Å². The molecule has 0 saturated carbocycles. The summed E-state index contributed by atoms with van der Waals surface area (Å²) in [5.74, 6) is 0.510. The number of nitro groups is 1. The molecule has 2 unspecified atom stereocenters. The smallest absolute Gasteiger partial charge is 0.332 e. The van der Waals surface area contributed by atoms with E-state index in [0.29, 0.717) is 31.1 Å². The van der Waals surface area contributed by atoms with Crippen LogP contribution in [0.1, 0.15) is 38.7 Å². The number of benzene rings is 1. The molecule has 1 aliphatic rings. The number of hydrogen-bond acceptors (Lipinski definition) is 7. The van der Waals surface area contributed by atoms with Gasteiger partial charge in [-0.3, -0.25) is 20.2 Å². The number of non-ortho nitro benzene ring substituents is 1. The lowest BCUT2D eigenvalue weighted by Crippen LogP contribution is -2.51. The van der Waals surface area contributed by atoms with Crippen LogP contribution in [0.2, 0.25) is 0 Å². The van der Waals surface area contributed by atoms with Crippen molar-refractivity contribution in [2.45, 2.75) is 45.5 Å². The van der Waals surface area contributed by atoms with Gasteiger partial charge in [0.1, 0.15) is 4.70 Å². The Morgan fingerprint density at radius 1 is 1.38 bits per heavy atom. The maximum Gasteiger partial charge on any atom is 0.416 e. The van der Waals surface area contributed by atoms with E-state index >= 15 is 0 Å². The molecule has 0 bridgehead atoms. The fourth-order valence-electron chi connectivity index (χ4n) is 3.63. The fourth-order valence-corrected chi connectivity index (χ4v) is 4.77. The van der Waals surface area contributed by atoms with Crippen LogP contribution < -0.4 is 15.8 Å². The lowest BCUT2D eigenvalue weighted by atomic mass is 9.92. The van der Waals surface area contributed by atoms with E-state index < -0.39 is 27.9 Å². The summed E-state index contributed by atoms with van der Waals surface area (Å²) in [7, 11) is 0. The predicted octanol–water partition coefficient (Wildman–Crippen LogP) is 4.15. The number of hydrogen-bond donors (Lipinski definition) is 1. The van der Waals surface area contributed by atoms with Gasteiger partial charge >= 0.3 is 6.18 Å². The molecule has 1 saturated heterocycles. The van der Waals surface area contributed by atoms with Crippen molar-refractivity contribution in [2.75, 3.05) is 18.0 Å². The molecule has 3 rings (SSSR count). The molecule has 0 aliphatic carbocycles. The van der Waals surface area contributed by atoms with E-state index in [-0.39, 0.29) is 21.4 Å². The Bertz CT molecular complexity index is 979. The summed E-state index contributed by atoms with van der Waals surface area (Å²) in [4.78, 5) is 29.0. The summed E-state index contributed by atoms with van der Waals surface area (Å²) in [5, 5.41) is 14.7. The first kappa shape index (κ1) is 21.4. The summed E-state index contributed by atoms with van der Waals surface area (Å²) in [6.07, 6.45) is -2.16. The molecule has 1 fully saturated rings. The van der Waals surface area contributed by atoms with Gasteiger partial charge in [0.25, 0.3) is 11.2 Å². The van der Waals surface area contributed by atoms with Gasteiger partial charge in [0, 0.05) is 12.6 Å². The summed E-state index contributed by atoms with van der Waals surface area (Å²) in [5.41, 5.74) is -2.86. The van der Waals surface area contributed by atoms with E-state index in [4.69, 9.17) is 0 Å². The van der Waals surface area contributed by atoms with E-state index in [2.05, 4.69) is 17.2 Å². The number of halogens is 3. The standard InChI is InChI=1S/C18H21F3N4O3S/c1-3-10-5-6-24(14(7-10)22-4-2)17-23-16(26)12-8-11(18(19,20)21)9-13(25(27)28)15(12)29-17/h8-10,14,22H,3-7H2,1-2H3. The minimum atomic E-state index is -4.80. The molecular weight excluding hydrogens is 409 g/mol. The number of rotatable bonds is 5. The molecule has 1 aromatic carbocycles. The van der Waals surface area contributed by atoms with Crippen LogP contribution in [0.5, 0.6) is 0 Å². The van der Waals surface area contributed by atoms with Crippen LogP contribution in [0.3, 0.4) is 0 Å². The highest BCUT2D eigenvalue weighted by molar-refractivity contribution is 7.22. The third-order valence-electron chi connectivity index (χ3n) is 5.19. The van der Waals surface area contributed by atoms with Gasteiger partial charge < -0.3 is 4.90 Å². The van der Waals surface area contributed by atoms with Crippen molar-refractivity contribution in [3.8, 4) is 0 Å². The van der Waals surface area contributed by atoms with Crippen molar-refractivity contribution in [1.29, 1.82) is 0 Å². The first-order valence-electron chi connectivity index (χ1n) is 9.36. The van der Waals surface area contributed by atoms with Crippen LogP contribution in [0.4, 0.5) is 24.0 Å². The molecule has 0 radical (unpaired) electrons. The highest BCUT2D eigenvalue weighted by Crippen LogP contribution is 2.39. The number of piperidine rings is 1. The minimum Gasteiger partial charge on any atom is -0.332 e. The lowest BCUT2D eigenvalue weighted by molar-refractivity contribution is -0.383. The number of anilines is 1. The van der Waals surface area contributed by atoms with Gasteiger partial charge in [-0.15, -0.1) is 0 Å². The van der Waals surface area contributed by atoms with E-state index in [9.17, 15) is 28.1 Å². The van der Waals surface area contributed by atoms with Crippen LogP contribution in [0.15, 0.2) is 16.9 Å². The number of nitrogens with one attached hydrogen (secondary N) is 1. The Kier molecular flexibility index (Phi) is 6.08. The highest BCUT2D eigenvalue weighted by Gasteiger charge is 2.35. The van der Waals surface area contributed by atoms with Crippen molar-refractivity contribution in [3.05, 3.63) is 38.2 Å². The highest BCUT2D eigenvalue weighted by atomic mass is 32.1. The Labute approximate surface area is 168 Å². The number of nitrogens with zero attached hydrogens (tertiary/aromatic N) is 3. The minimum absolute atomic E-state index is 0.0900. The molecule has 0 spiro atoms. The van der Waals surface area contributed by atoms with Crippen molar-refractivity contribution < 1.29 is 18.1 Å². The van der Waals surface area contributed by atoms with E-state index in [1.165, 1.54) is 0 Å². The Morgan fingerprint density at radius 2 is 2.10 bits per heavy atom. The molecule has 11 heteroatoms. The number of fused-ring (bicyclic) bond motifs is 1. The SMILES string of the molecule is CCNC1CC(CC)CCN1c1nc(=O)c2cc(C(F)(F)F)cc([N+](=O)[O-])c2s1. The zero-order valence-electron chi connectivity index (χ0n) is 16.0. The van der Waals surface area contributed by atoms with Gasteiger partial charge in [0.05, 0.1) is 22.0 Å². The summed E-state index contributed by atoms with van der Waals surface area (Å²) >= 11 is 0.886. The number of nitro benzene ring substituents is 1. The Balaban J connectivity index is 2.15. The van der Waals surface area contributed by atoms with Gasteiger partial charge in [-0.25, -0.2) is 0 Å². The van der Waals surface area contributed by atoms with Gasteiger partial charge in [-0.05, 0) is 31.4 Å². The maximum atomic E-state index is 13.1. The molecule has 7 nitrogen and oxygen atoms in total. The summed E-state index contributed by atoms with van der Waals surface area (Å²) in [6, 6.07) is 1.12. The first-order chi connectivity index (χ1) is 13.7. The summed E-state index contributed by atoms with van der Waals surface area (Å²) in [6.45, 7) is 5.36. The molecule has 2 atom stereocenters. The molecular formula is C18H21F3N4O3S. The van der Waals surface area contributed by atoms with Crippen molar-refractivity contribution >= 4 is 32.2 Å². The third-order valence-corrected chi connectivity index (χ3v) is 6.33. The molecule has 1 aliphatic heterocycles. The molecule has 29 heavy (non-hydrogen) atoms. The zero-order valence-corrected chi connectivity index (χ0v) is 16.8. The number of alkyl halides is 3. The van der Waals surface area contributed by atoms with Crippen LogP contribution in [0.25, 0.3) is 10.1 Å². The van der Waals surface area contributed by atoms with Crippen LogP contribution in [-0.2, 0) is 6.18 Å². The molecule has 1 aromatic heterocycles. The Morgan fingerprint density at radius 3 is 2.69 bits per heavy atom. The predicted molar refractivity (Wildman–Crippen MR) is 105 cm³/mol. The summed E-state index contributed by atoms with van der Waals surface area (Å²) < 4.78 is 39.2. The average Bonchev–Trinajstić information content (AvgIpc) is 2.66. The normalized spacial score (nSPS) is 20.2. The van der Waals surface area contributed by atoms with Crippen molar-refractivity contribution in [2.24, 2.45) is 5.92 Å². The zero-order chi connectivity index (χ0) is 21.3. The molecule has 1 N–H and O–H groups in total. The molecule has 2 heterocycles. The van der Waals surface area contributed by atoms with Gasteiger partial charge in [0.15, 0.2) is 5.13 Å². The monoisotopic (exact) mass is 430 g/mol. The largest absolute Gasteiger partial charge is 0.416 e. The third kappa shape index (κ3) is 4.35.